The SMILES string of the molecule is O=C(NCCOCCO)c1cc(F)cc([N+](=O)[O-])c1. The molecule has 0 bridgehead atoms. The van der Waals surface area contributed by atoms with Gasteiger partial charge in [0.25, 0.3) is 11.6 Å². The smallest absolute Gasteiger partial charge is 0.273 e. The highest BCUT2D eigenvalue weighted by atomic mass is 19.1. The maximum absolute atomic E-state index is 13.1. The quantitative estimate of drug-likeness (QED) is 0.427. The van der Waals surface area contributed by atoms with Gasteiger partial charge in [0.2, 0.25) is 0 Å². The number of nitrogens with one attached hydrogen (secondary N) is 1. The Morgan fingerprint density at radius 1 is 1.42 bits per heavy atom. The zero-order chi connectivity index (χ0) is 14.3. The molecule has 1 aromatic carbocycles. The molecule has 8 heteroatoms. The predicted molar refractivity (Wildman–Crippen MR) is 63.3 cm³/mol. The Morgan fingerprint density at radius 3 is 2.79 bits per heavy atom. The van der Waals surface area contributed by atoms with Gasteiger partial charge in [0.1, 0.15) is 5.82 Å². The Kier molecular flexibility index (Phi) is 5.83. The Bertz CT molecular complexity index is 466. The van der Waals surface area contributed by atoms with Gasteiger partial charge in [-0.1, -0.05) is 0 Å². The monoisotopic (exact) mass is 272 g/mol. The summed E-state index contributed by atoms with van der Waals surface area (Å²) in [5, 5.41) is 21.4. The topological polar surface area (TPSA) is 102 Å². The van der Waals surface area contributed by atoms with Crippen LogP contribution < -0.4 is 5.32 Å². The number of nitro groups is 1. The first-order valence-electron chi connectivity index (χ1n) is 5.46. The summed E-state index contributed by atoms with van der Waals surface area (Å²) in [7, 11) is 0. The fraction of sp³-hybridized carbons (Fsp3) is 0.364. The van der Waals surface area contributed by atoms with E-state index in [9.17, 15) is 19.3 Å². The van der Waals surface area contributed by atoms with Crippen LogP contribution in [0.25, 0.3) is 0 Å². The number of hydrogen-bond acceptors (Lipinski definition) is 5. The van der Waals surface area contributed by atoms with E-state index < -0.39 is 22.3 Å². The molecule has 2 N–H and O–H groups in total. The van der Waals surface area contributed by atoms with Crippen LogP contribution in [0.1, 0.15) is 10.4 Å². The minimum Gasteiger partial charge on any atom is -0.394 e. The second-order valence-corrected chi connectivity index (χ2v) is 3.55. The second kappa shape index (κ2) is 7.39. The third-order valence-electron chi connectivity index (χ3n) is 2.12. The van der Waals surface area contributed by atoms with Crippen LogP contribution in [0.15, 0.2) is 18.2 Å². The van der Waals surface area contributed by atoms with E-state index in [0.717, 1.165) is 18.2 Å². The molecule has 0 aromatic heterocycles. The van der Waals surface area contributed by atoms with Gasteiger partial charge in [-0.25, -0.2) is 4.39 Å². The van der Waals surface area contributed by atoms with Crippen molar-refractivity contribution in [3.05, 3.63) is 39.7 Å². The molecular weight excluding hydrogens is 259 g/mol. The van der Waals surface area contributed by atoms with Crippen LogP contribution in [0.5, 0.6) is 0 Å². The zero-order valence-electron chi connectivity index (χ0n) is 9.97. The van der Waals surface area contributed by atoms with Crippen molar-refractivity contribution in [2.24, 2.45) is 0 Å². The number of hydrogen-bond donors (Lipinski definition) is 2. The van der Waals surface area contributed by atoms with Crippen LogP contribution in [0, 0.1) is 15.9 Å². The van der Waals surface area contributed by atoms with Gasteiger partial charge in [-0.2, -0.15) is 0 Å². The fourth-order valence-corrected chi connectivity index (χ4v) is 1.32. The van der Waals surface area contributed by atoms with Gasteiger partial charge in [0.15, 0.2) is 0 Å². The fourth-order valence-electron chi connectivity index (χ4n) is 1.32. The van der Waals surface area contributed by atoms with Gasteiger partial charge in [0, 0.05) is 18.2 Å². The number of nitrogens with zero attached hydrogens (tertiary/aromatic N) is 1. The number of benzene rings is 1. The largest absolute Gasteiger partial charge is 0.394 e. The number of amides is 1. The average Bonchev–Trinajstić information content (AvgIpc) is 2.37. The third-order valence-corrected chi connectivity index (χ3v) is 2.12. The molecule has 104 valence electrons. The van der Waals surface area contributed by atoms with Crippen LogP contribution in [0.3, 0.4) is 0 Å². The molecule has 7 nitrogen and oxygen atoms in total. The van der Waals surface area contributed by atoms with E-state index in [1.54, 1.807) is 0 Å². The van der Waals surface area contributed by atoms with E-state index in [-0.39, 0.29) is 31.9 Å². The second-order valence-electron chi connectivity index (χ2n) is 3.55. The number of carbonyl (C=O) groups is 1. The van der Waals surface area contributed by atoms with Crippen LogP contribution in [0.2, 0.25) is 0 Å². The van der Waals surface area contributed by atoms with E-state index in [4.69, 9.17) is 9.84 Å². The average molecular weight is 272 g/mol. The van der Waals surface area contributed by atoms with Crippen LogP contribution in [0.4, 0.5) is 10.1 Å². The van der Waals surface area contributed by atoms with Crippen molar-refractivity contribution in [1.29, 1.82) is 0 Å². The number of aliphatic hydroxyl groups is 1. The molecule has 0 saturated heterocycles. The summed E-state index contributed by atoms with van der Waals surface area (Å²) in [6, 6.07) is 2.64. The first-order chi connectivity index (χ1) is 9.04. The first-order valence-corrected chi connectivity index (χ1v) is 5.46. The van der Waals surface area contributed by atoms with Gasteiger partial charge in [0.05, 0.1) is 30.8 Å². The molecule has 19 heavy (non-hydrogen) atoms. The van der Waals surface area contributed by atoms with Gasteiger partial charge in [-0.15, -0.1) is 0 Å². The number of halogens is 1. The summed E-state index contributed by atoms with van der Waals surface area (Å²) in [5.74, 6) is -1.48. The maximum Gasteiger partial charge on any atom is 0.273 e. The van der Waals surface area contributed by atoms with Crippen LogP contribution in [-0.2, 0) is 4.74 Å². The van der Waals surface area contributed by atoms with E-state index in [0.29, 0.717) is 0 Å². The molecule has 1 aromatic rings. The molecule has 0 aliphatic rings. The van der Waals surface area contributed by atoms with Crippen molar-refractivity contribution in [2.75, 3.05) is 26.4 Å². The summed E-state index contributed by atoms with van der Waals surface area (Å²) < 4.78 is 18.0. The summed E-state index contributed by atoms with van der Waals surface area (Å²) in [6.07, 6.45) is 0. The summed E-state index contributed by atoms with van der Waals surface area (Å²) >= 11 is 0. The molecule has 1 amide bonds. The maximum atomic E-state index is 13.1. The predicted octanol–water partition coefficient (Wildman–Crippen LogP) is 0.473. The molecule has 0 spiro atoms. The number of aliphatic hydroxyl groups excluding tert-OH is 1. The number of rotatable bonds is 7. The normalized spacial score (nSPS) is 10.2. The van der Waals surface area contributed by atoms with E-state index >= 15 is 0 Å². The molecule has 0 atom stereocenters. The highest BCUT2D eigenvalue weighted by molar-refractivity contribution is 5.94. The van der Waals surface area contributed by atoms with E-state index in [2.05, 4.69) is 5.32 Å². The van der Waals surface area contributed by atoms with Crippen molar-refractivity contribution in [1.82, 2.24) is 5.32 Å². The number of nitro benzene ring substituents is 1. The molecule has 1 rings (SSSR count). The summed E-state index contributed by atoms with van der Waals surface area (Å²) in [4.78, 5) is 21.3. The molecule has 0 heterocycles. The van der Waals surface area contributed by atoms with Crippen LogP contribution >= 0.6 is 0 Å². The van der Waals surface area contributed by atoms with Crippen molar-refractivity contribution in [3.8, 4) is 0 Å². The molecule has 0 unspecified atom stereocenters. The lowest BCUT2D eigenvalue weighted by Gasteiger charge is -2.05. The van der Waals surface area contributed by atoms with Crippen molar-refractivity contribution in [3.63, 3.8) is 0 Å². The lowest BCUT2D eigenvalue weighted by atomic mass is 10.2. The van der Waals surface area contributed by atoms with Gasteiger partial charge in [-0.3, -0.25) is 14.9 Å². The Balaban J connectivity index is 2.59. The zero-order valence-corrected chi connectivity index (χ0v) is 9.97. The Hall–Kier alpha value is -2.06. The molecule has 0 saturated carbocycles. The van der Waals surface area contributed by atoms with E-state index in [1.807, 2.05) is 0 Å². The standard InChI is InChI=1S/C11H13FN2O5/c12-9-5-8(6-10(7-9)14(17)18)11(16)13-1-3-19-4-2-15/h5-7,15H,1-4H2,(H,13,16). The summed E-state index contributed by atoms with van der Waals surface area (Å²) in [5.41, 5.74) is -0.615. The lowest BCUT2D eigenvalue weighted by Crippen LogP contribution is -2.27. The Labute approximate surface area is 108 Å². The number of non-ortho nitro benzene ring substituents is 1. The Morgan fingerprint density at radius 2 is 2.16 bits per heavy atom. The van der Waals surface area contributed by atoms with Crippen molar-refractivity contribution < 1.29 is 24.0 Å². The van der Waals surface area contributed by atoms with Gasteiger partial charge >= 0.3 is 0 Å². The summed E-state index contributed by atoms with van der Waals surface area (Å²) in [6.45, 7) is 0.373. The van der Waals surface area contributed by atoms with Gasteiger partial charge < -0.3 is 15.2 Å². The van der Waals surface area contributed by atoms with E-state index in [1.165, 1.54) is 0 Å². The lowest BCUT2D eigenvalue weighted by molar-refractivity contribution is -0.385. The highest BCUT2D eigenvalue weighted by Crippen LogP contribution is 2.16. The molecule has 0 fully saturated rings. The molecule has 0 aliphatic carbocycles. The first kappa shape index (κ1) is 15.0. The number of carbonyl (C=O) groups excluding carboxylic acids is 1. The molecule has 0 aliphatic heterocycles. The van der Waals surface area contributed by atoms with Crippen molar-refractivity contribution >= 4 is 11.6 Å². The minimum atomic E-state index is -0.851. The highest BCUT2D eigenvalue weighted by Gasteiger charge is 2.14. The molecular formula is C11H13FN2O5. The minimum absolute atomic E-state index is 0.121. The number of ether oxygens (including phenoxy) is 1. The van der Waals surface area contributed by atoms with Crippen LogP contribution in [-0.4, -0.2) is 42.3 Å². The van der Waals surface area contributed by atoms with Crippen molar-refractivity contribution in [2.45, 2.75) is 0 Å². The van der Waals surface area contributed by atoms with Gasteiger partial charge in [-0.05, 0) is 6.07 Å². The molecule has 0 radical (unpaired) electrons. The third kappa shape index (κ3) is 4.98.